The summed E-state index contributed by atoms with van der Waals surface area (Å²) in [7, 11) is 1.58. The van der Waals surface area contributed by atoms with E-state index in [1.807, 2.05) is 26.2 Å². The van der Waals surface area contributed by atoms with Gasteiger partial charge in [0.05, 0.1) is 12.7 Å². The Balaban J connectivity index is 2.25. The van der Waals surface area contributed by atoms with E-state index in [0.717, 1.165) is 5.56 Å². The average Bonchev–Trinajstić information content (AvgIpc) is 2.90. The van der Waals surface area contributed by atoms with Crippen molar-refractivity contribution in [3.8, 4) is 11.8 Å². The molecule has 0 saturated heterocycles. The first-order chi connectivity index (χ1) is 10.4. The molecule has 22 heavy (non-hydrogen) atoms. The van der Waals surface area contributed by atoms with E-state index in [2.05, 4.69) is 11.4 Å². The van der Waals surface area contributed by atoms with Crippen LogP contribution in [0.4, 0.5) is 5.00 Å². The molecule has 1 N–H and O–H groups in total. The predicted molar refractivity (Wildman–Crippen MR) is 88.7 cm³/mol. The van der Waals surface area contributed by atoms with Gasteiger partial charge in [0, 0.05) is 5.56 Å². The van der Waals surface area contributed by atoms with Gasteiger partial charge in [-0.25, -0.2) is 0 Å². The van der Waals surface area contributed by atoms with Gasteiger partial charge in [-0.05, 0) is 40.6 Å². The van der Waals surface area contributed by atoms with Crippen molar-refractivity contribution < 1.29 is 9.53 Å². The minimum atomic E-state index is -0.235. The number of ether oxygens (including phenoxy) is 1. The topological polar surface area (TPSA) is 62.1 Å². The second kappa shape index (κ2) is 6.20. The van der Waals surface area contributed by atoms with Gasteiger partial charge in [0.25, 0.3) is 5.91 Å². The molecule has 1 aromatic carbocycles. The molecule has 0 saturated carbocycles. The minimum absolute atomic E-state index is 0.134. The fourth-order valence-electron chi connectivity index (χ4n) is 2.03. The van der Waals surface area contributed by atoms with Crippen LogP contribution in [0.1, 0.15) is 42.3 Å². The second-order valence-electron chi connectivity index (χ2n) is 5.90. The molecule has 1 amide bonds. The number of nitriles is 1. The van der Waals surface area contributed by atoms with Gasteiger partial charge in [-0.3, -0.25) is 4.79 Å². The van der Waals surface area contributed by atoms with E-state index in [1.54, 1.807) is 31.4 Å². The number of benzene rings is 1. The molecule has 0 spiro atoms. The maximum Gasteiger partial charge on any atom is 0.256 e. The molecule has 0 aliphatic heterocycles. The van der Waals surface area contributed by atoms with Crippen molar-refractivity contribution in [3.63, 3.8) is 0 Å². The molecule has 1 aromatic heterocycles. The summed E-state index contributed by atoms with van der Waals surface area (Å²) in [6.07, 6.45) is 0. The monoisotopic (exact) mass is 314 g/mol. The lowest BCUT2D eigenvalue weighted by Crippen LogP contribution is -2.14. The molecule has 114 valence electrons. The number of hydrogen-bond acceptors (Lipinski definition) is 4. The average molecular weight is 314 g/mol. The van der Waals surface area contributed by atoms with Crippen molar-refractivity contribution >= 4 is 22.2 Å². The van der Waals surface area contributed by atoms with Crippen LogP contribution in [-0.2, 0) is 5.41 Å². The Morgan fingerprint density at radius 1 is 1.27 bits per heavy atom. The normalized spacial score (nSPS) is 10.9. The molecule has 0 aliphatic carbocycles. The summed E-state index contributed by atoms with van der Waals surface area (Å²) in [6.45, 7) is 6.14. The highest BCUT2D eigenvalue weighted by Gasteiger charge is 2.23. The molecule has 2 aromatic rings. The van der Waals surface area contributed by atoms with Gasteiger partial charge in [0.1, 0.15) is 16.8 Å². The van der Waals surface area contributed by atoms with Crippen LogP contribution in [0.3, 0.4) is 0 Å². The van der Waals surface area contributed by atoms with Crippen molar-refractivity contribution in [3.05, 3.63) is 46.3 Å². The number of rotatable bonds is 3. The third kappa shape index (κ3) is 3.29. The Bertz CT molecular complexity index is 719. The van der Waals surface area contributed by atoms with Gasteiger partial charge < -0.3 is 10.1 Å². The third-order valence-electron chi connectivity index (χ3n) is 3.29. The molecule has 4 nitrogen and oxygen atoms in total. The van der Waals surface area contributed by atoms with Crippen LogP contribution in [0.15, 0.2) is 29.6 Å². The molecule has 1 heterocycles. The predicted octanol–water partition coefficient (Wildman–Crippen LogP) is 4.18. The summed E-state index contributed by atoms with van der Waals surface area (Å²) in [6, 6.07) is 9.05. The lowest BCUT2D eigenvalue weighted by Gasteiger charge is -2.17. The Morgan fingerprint density at radius 2 is 1.91 bits per heavy atom. The molecule has 0 bridgehead atoms. The van der Waals surface area contributed by atoms with E-state index in [1.165, 1.54) is 11.3 Å². The van der Waals surface area contributed by atoms with Gasteiger partial charge in [-0.1, -0.05) is 20.8 Å². The smallest absolute Gasteiger partial charge is 0.256 e. The summed E-state index contributed by atoms with van der Waals surface area (Å²) in [5.41, 5.74) is 1.88. The van der Waals surface area contributed by atoms with E-state index >= 15 is 0 Å². The SMILES string of the molecule is COc1ccc(C(=O)Nc2scc(C(C)(C)C)c2C#N)cc1. The Kier molecular flexibility index (Phi) is 4.53. The van der Waals surface area contributed by atoms with Crippen molar-refractivity contribution in [1.82, 2.24) is 0 Å². The molecule has 2 rings (SSSR count). The van der Waals surface area contributed by atoms with Gasteiger partial charge >= 0.3 is 0 Å². The van der Waals surface area contributed by atoms with Crippen molar-refractivity contribution in [2.75, 3.05) is 12.4 Å². The van der Waals surface area contributed by atoms with Crippen molar-refractivity contribution in [2.45, 2.75) is 26.2 Å². The van der Waals surface area contributed by atoms with Crippen LogP contribution < -0.4 is 10.1 Å². The third-order valence-corrected chi connectivity index (χ3v) is 4.19. The molecular weight excluding hydrogens is 296 g/mol. The largest absolute Gasteiger partial charge is 0.497 e. The van der Waals surface area contributed by atoms with Gasteiger partial charge in [-0.15, -0.1) is 11.3 Å². The fourth-order valence-corrected chi connectivity index (χ4v) is 3.16. The molecule has 5 heteroatoms. The molecule has 0 radical (unpaired) electrons. The second-order valence-corrected chi connectivity index (χ2v) is 6.78. The lowest BCUT2D eigenvalue weighted by atomic mass is 9.86. The number of carbonyl (C=O) groups excluding carboxylic acids is 1. The maximum atomic E-state index is 12.3. The molecule has 0 unspecified atom stereocenters. The van der Waals surface area contributed by atoms with E-state index in [0.29, 0.717) is 21.9 Å². The number of methoxy groups -OCH3 is 1. The first-order valence-electron chi connectivity index (χ1n) is 6.84. The van der Waals surface area contributed by atoms with E-state index in [9.17, 15) is 10.1 Å². The van der Waals surface area contributed by atoms with Crippen molar-refractivity contribution in [1.29, 1.82) is 5.26 Å². The van der Waals surface area contributed by atoms with Crippen LogP contribution in [0.5, 0.6) is 5.75 Å². The number of amides is 1. The van der Waals surface area contributed by atoms with Crippen LogP contribution in [0, 0.1) is 11.3 Å². The minimum Gasteiger partial charge on any atom is -0.497 e. The number of nitrogens with one attached hydrogen (secondary N) is 1. The summed E-state index contributed by atoms with van der Waals surface area (Å²) in [4.78, 5) is 12.3. The van der Waals surface area contributed by atoms with Crippen LogP contribution in [-0.4, -0.2) is 13.0 Å². The summed E-state index contributed by atoms with van der Waals surface area (Å²) < 4.78 is 5.07. The lowest BCUT2D eigenvalue weighted by molar-refractivity contribution is 0.102. The highest BCUT2D eigenvalue weighted by Crippen LogP contribution is 2.35. The van der Waals surface area contributed by atoms with Gasteiger partial charge in [0.2, 0.25) is 0 Å². The van der Waals surface area contributed by atoms with E-state index in [4.69, 9.17) is 4.74 Å². The fraction of sp³-hybridized carbons (Fsp3) is 0.294. The number of hydrogen-bond donors (Lipinski definition) is 1. The maximum absolute atomic E-state index is 12.3. The van der Waals surface area contributed by atoms with Crippen LogP contribution in [0.2, 0.25) is 0 Å². The number of carbonyl (C=O) groups is 1. The van der Waals surface area contributed by atoms with Crippen LogP contribution >= 0.6 is 11.3 Å². The first-order valence-corrected chi connectivity index (χ1v) is 7.72. The zero-order valence-electron chi connectivity index (χ0n) is 13.1. The standard InChI is InChI=1S/C17H18N2O2S/c1-17(2,3)14-10-22-16(13(14)9-18)19-15(20)11-5-7-12(21-4)8-6-11/h5-8,10H,1-4H3,(H,19,20). The number of anilines is 1. The number of thiophene rings is 1. The molecule has 0 atom stereocenters. The summed E-state index contributed by atoms with van der Waals surface area (Å²) in [5.74, 6) is 0.460. The quantitative estimate of drug-likeness (QED) is 0.924. The Labute approximate surface area is 134 Å². The van der Waals surface area contributed by atoms with Gasteiger partial charge in [0.15, 0.2) is 0 Å². The Hall–Kier alpha value is -2.32. The van der Waals surface area contributed by atoms with E-state index < -0.39 is 0 Å². The van der Waals surface area contributed by atoms with E-state index in [-0.39, 0.29) is 11.3 Å². The first kappa shape index (κ1) is 16.1. The zero-order valence-corrected chi connectivity index (χ0v) is 13.9. The summed E-state index contributed by atoms with van der Waals surface area (Å²) >= 11 is 1.38. The Morgan fingerprint density at radius 3 is 2.41 bits per heavy atom. The zero-order chi connectivity index (χ0) is 16.3. The van der Waals surface area contributed by atoms with Crippen molar-refractivity contribution in [2.24, 2.45) is 0 Å². The number of nitrogens with zero attached hydrogens (tertiary/aromatic N) is 1. The highest BCUT2D eigenvalue weighted by atomic mass is 32.1. The molecular formula is C17H18N2O2S. The van der Waals surface area contributed by atoms with Crippen LogP contribution in [0.25, 0.3) is 0 Å². The summed E-state index contributed by atoms with van der Waals surface area (Å²) in [5, 5.41) is 14.7. The highest BCUT2D eigenvalue weighted by molar-refractivity contribution is 7.14. The molecule has 0 fully saturated rings. The molecule has 0 aliphatic rings. The van der Waals surface area contributed by atoms with Gasteiger partial charge in [-0.2, -0.15) is 5.26 Å².